The third-order valence-electron chi connectivity index (χ3n) is 23.4. The Hall–Kier alpha value is -12.2. The van der Waals surface area contributed by atoms with Crippen LogP contribution in [0.25, 0.3) is 86.2 Å². The van der Waals surface area contributed by atoms with Gasteiger partial charge in [0, 0.05) is 44.3 Å². The van der Waals surface area contributed by atoms with Gasteiger partial charge in [0.15, 0.2) is 0 Å². The smallest absolute Gasteiger partial charge is 0.130 e. The quantitative estimate of drug-likeness (QED) is 0.140. The minimum atomic E-state index is -0.0234. The number of ether oxygens (including phenoxy) is 9. The molecular formula is C121H146O9. The predicted octanol–water partition coefficient (Wildman–Crippen LogP) is 33.2. The number of methoxy groups -OCH3 is 9. The Bertz CT molecular complexity index is 6450. The van der Waals surface area contributed by atoms with Crippen molar-refractivity contribution in [2.75, 3.05) is 64.0 Å². The molecule has 0 heterocycles. The van der Waals surface area contributed by atoms with E-state index in [1.165, 1.54) is 109 Å². The van der Waals surface area contributed by atoms with Crippen LogP contribution in [0.1, 0.15) is 211 Å². The molecule has 130 heavy (non-hydrogen) atoms. The van der Waals surface area contributed by atoms with Crippen molar-refractivity contribution in [3.8, 4) is 51.7 Å². The molecule has 0 aliphatic heterocycles. The summed E-state index contributed by atoms with van der Waals surface area (Å²) in [6.07, 6.45) is 0. The molecule has 16 aromatic carbocycles. The van der Waals surface area contributed by atoms with Crippen molar-refractivity contribution in [2.24, 2.45) is 0 Å². The molecule has 0 saturated heterocycles. The van der Waals surface area contributed by atoms with Gasteiger partial charge in [-0.2, -0.15) is 0 Å². The second kappa shape index (κ2) is 43.0. The van der Waals surface area contributed by atoms with Crippen LogP contribution in [0.5, 0.6) is 51.7 Å². The molecule has 16 rings (SSSR count). The molecule has 9 heteroatoms. The highest BCUT2D eigenvalue weighted by Gasteiger charge is 2.28. The molecule has 0 N–H and O–H groups in total. The van der Waals surface area contributed by atoms with Crippen LogP contribution in [-0.4, -0.2) is 64.0 Å². The van der Waals surface area contributed by atoms with Gasteiger partial charge in [-0.15, -0.1) is 0 Å². The summed E-state index contributed by atoms with van der Waals surface area (Å²) in [5.74, 6) is 8.07. The van der Waals surface area contributed by atoms with Crippen molar-refractivity contribution in [3.05, 3.63) is 330 Å². The molecule has 0 unspecified atom stereocenters. The number of benzene rings is 16. The van der Waals surface area contributed by atoms with Gasteiger partial charge < -0.3 is 42.6 Å². The maximum atomic E-state index is 5.63. The molecule has 0 spiro atoms. The standard InChI is InChI=1S/C17H22O3.C16H20O2.4C15H18O.2C14H16/c1-17(2,3)16-12-8-7-11(18-4)9-13(12)14(19-5)10-15(16)20-6;1-16(2,3)13-10-14(17-4)11-8-6-7-9-12(11)15(13)18-5;1-15(2,3)13-7-5-12-10-14(16-4)8-6-11(12)9-13;1-15(2,3)14-7-5-6-11-10-12(16-4)8-9-13(11)14;1-15(2,3)13-9-10-14(16-4)12-8-6-5-7-11(12)13;1-15(2,3)14-12-8-6-5-7-11(12)9-10-13(14)16-4;1-14(2,3)13-10-6-8-11-7-4-5-9-12(11)13;1-14(2,3)13-9-8-11-6-4-5-7-12(11)10-13/h7-10H,1-6H3;6-10H,1-5H3;4*5-10H,1-4H3;2*4-10H,1-3H3. The van der Waals surface area contributed by atoms with Crippen LogP contribution in [0.4, 0.5) is 0 Å². The van der Waals surface area contributed by atoms with Crippen molar-refractivity contribution in [1.82, 2.24) is 0 Å². The van der Waals surface area contributed by atoms with E-state index in [4.69, 9.17) is 42.6 Å². The molecular weight excluding hydrogens is 1600 g/mol. The molecule has 0 fully saturated rings. The fourth-order valence-electron chi connectivity index (χ4n) is 16.5. The maximum absolute atomic E-state index is 5.63. The van der Waals surface area contributed by atoms with Crippen LogP contribution >= 0.6 is 0 Å². The van der Waals surface area contributed by atoms with E-state index in [2.05, 4.69) is 409 Å². The molecule has 0 atom stereocenters. The third-order valence-corrected chi connectivity index (χ3v) is 23.4. The fraction of sp³-hybridized carbons (Fsp3) is 0.339. The SMILES string of the molecule is CC(C)(C)c1ccc2ccccc2c1.CC(C)(C)c1cccc2ccccc12.COc1cc(C(C)(C)C)c(OC)c2ccccc12.COc1ccc(C(C)(C)C)c2ccccc12.COc1ccc2c(C(C)(C)C)c(OC)cc(OC)c2c1.COc1ccc2c(C(C)(C)C)cccc2c1.COc1ccc2cc(C(C)(C)C)ccc2c1.COc1ccc2ccccc2c1C(C)(C)C. The van der Waals surface area contributed by atoms with Gasteiger partial charge in [0.05, 0.1) is 64.0 Å². The molecule has 0 saturated carbocycles. The van der Waals surface area contributed by atoms with Gasteiger partial charge in [0.2, 0.25) is 0 Å². The Balaban J connectivity index is 0.000000168. The van der Waals surface area contributed by atoms with Gasteiger partial charge in [-0.3, -0.25) is 0 Å². The van der Waals surface area contributed by atoms with Crippen LogP contribution < -0.4 is 42.6 Å². The second-order valence-electron chi connectivity index (χ2n) is 41.4. The lowest BCUT2D eigenvalue weighted by Crippen LogP contribution is -2.14. The molecule has 684 valence electrons. The largest absolute Gasteiger partial charge is 0.497 e. The van der Waals surface area contributed by atoms with Crippen molar-refractivity contribution in [2.45, 2.75) is 209 Å². The number of hydrogen-bond acceptors (Lipinski definition) is 9. The number of rotatable bonds is 9. The van der Waals surface area contributed by atoms with Crippen LogP contribution in [-0.2, 0) is 43.3 Å². The van der Waals surface area contributed by atoms with E-state index in [1.54, 1.807) is 64.0 Å². The van der Waals surface area contributed by atoms with E-state index in [0.29, 0.717) is 0 Å². The first-order valence-corrected chi connectivity index (χ1v) is 45.3. The average molecular weight is 1740 g/mol. The third kappa shape index (κ3) is 25.7. The Kier molecular flexibility index (Phi) is 33.6. The molecule has 16 aromatic rings. The van der Waals surface area contributed by atoms with E-state index in [-0.39, 0.29) is 43.3 Å². The second-order valence-corrected chi connectivity index (χ2v) is 41.4. The van der Waals surface area contributed by atoms with E-state index in [1.807, 2.05) is 42.5 Å². The van der Waals surface area contributed by atoms with Crippen molar-refractivity contribution in [3.63, 3.8) is 0 Å². The Morgan fingerprint density at radius 2 is 0.485 bits per heavy atom. The summed E-state index contributed by atoms with van der Waals surface area (Å²) in [5.41, 5.74) is 11.7. The molecule has 0 radical (unpaired) electrons. The Morgan fingerprint density at radius 1 is 0.154 bits per heavy atom. The van der Waals surface area contributed by atoms with Crippen LogP contribution in [0.15, 0.2) is 285 Å². The minimum Gasteiger partial charge on any atom is -0.497 e. The van der Waals surface area contributed by atoms with Gasteiger partial charge in [-0.1, -0.05) is 391 Å². The summed E-state index contributed by atoms with van der Waals surface area (Å²) >= 11 is 0. The summed E-state index contributed by atoms with van der Waals surface area (Å²) in [7, 11) is 15.3. The molecule has 0 aromatic heterocycles. The van der Waals surface area contributed by atoms with E-state index >= 15 is 0 Å². The van der Waals surface area contributed by atoms with E-state index in [0.717, 1.165) is 73.3 Å². The summed E-state index contributed by atoms with van der Waals surface area (Å²) in [4.78, 5) is 0. The first-order chi connectivity index (χ1) is 61.2. The van der Waals surface area contributed by atoms with Crippen molar-refractivity contribution in [1.29, 1.82) is 0 Å². The lowest BCUT2D eigenvalue weighted by atomic mass is 9.82. The van der Waals surface area contributed by atoms with Gasteiger partial charge in [-0.25, -0.2) is 0 Å². The minimum absolute atomic E-state index is 0.0165. The zero-order valence-corrected chi connectivity index (χ0v) is 84.3. The van der Waals surface area contributed by atoms with Gasteiger partial charge in [-0.05, 0) is 190 Å². The maximum Gasteiger partial charge on any atom is 0.130 e. The molecule has 0 aliphatic carbocycles. The fourth-order valence-corrected chi connectivity index (χ4v) is 16.5. The molecule has 0 amide bonds. The highest BCUT2D eigenvalue weighted by Crippen LogP contribution is 2.46. The molecule has 0 bridgehead atoms. The predicted molar refractivity (Wildman–Crippen MR) is 560 cm³/mol. The summed E-state index contributed by atoms with van der Waals surface area (Å²) in [6, 6.07) is 99.4. The van der Waals surface area contributed by atoms with E-state index in [9.17, 15) is 0 Å². The number of fused-ring (bicyclic) bond motifs is 8. The topological polar surface area (TPSA) is 83.1 Å². The first kappa shape index (κ1) is 102. The van der Waals surface area contributed by atoms with Crippen LogP contribution in [0, 0.1) is 0 Å². The highest BCUT2D eigenvalue weighted by atomic mass is 16.5. The Labute approximate surface area is 778 Å². The van der Waals surface area contributed by atoms with Gasteiger partial charge in [0.25, 0.3) is 0 Å². The Morgan fingerprint density at radius 3 is 0.962 bits per heavy atom. The van der Waals surface area contributed by atoms with Crippen molar-refractivity contribution < 1.29 is 42.6 Å². The van der Waals surface area contributed by atoms with Gasteiger partial charge >= 0.3 is 0 Å². The first-order valence-electron chi connectivity index (χ1n) is 45.3. The van der Waals surface area contributed by atoms with Crippen LogP contribution in [0.3, 0.4) is 0 Å². The molecule has 9 nitrogen and oxygen atoms in total. The van der Waals surface area contributed by atoms with E-state index < -0.39 is 0 Å². The molecule has 0 aliphatic rings. The average Bonchev–Trinajstić information content (AvgIpc) is 0.771. The van der Waals surface area contributed by atoms with Crippen molar-refractivity contribution >= 4 is 86.2 Å². The lowest BCUT2D eigenvalue weighted by molar-refractivity contribution is 0.386. The summed E-state index contributed by atoms with van der Waals surface area (Å²) in [5, 5.41) is 19.8. The zero-order valence-electron chi connectivity index (χ0n) is 84.3. The van der Waals surface area contributed by atoms with Gasteiger partial charge in [0.1, 0.15) is 51.7 Å². The zero-order chi connectivity index (χ0) is 95.7. The van der Waals surface area contributed by atoms with Crippen LogP contribution in [0.2, 0.25) is 0 Å². The summed E-state index contributed by atoms with van der Waals surface area (Å²) in [6.45, 7) is 53.4. The summed E-state index contributed by atoms with van der Waals surface area (Å²) < 4.78 is 48.9. The normalized spacial score (nSPS) is 11.7. The highest BCUT2D eigenvalue weighted by molar-refractivity contribution is 5.97. The lowest BCUT2D eigenvalue weighted by Gasteiger charge is -2.25. The monoisotopic (exact) mass is 1740 g/mol. The number of hydrogen-bond donors (Lipinski definition) is 0.